The second kappa shape index (κ2) is 5.90. The zero-order valence-corrected chi connectivity index (χ0v) is 11.7. The van der Waals surface area contributed by atoms with Crippen LogP contribution in [0.25, 0.3) is 0 Å². The summed E-state index contributed by atoms with van der Waals surface area (Å²) < 4.78 is 0. The van der Waals surface area contributed by atoms with Crippen molar-refractivity contribution in [1.82, 2.24) is 10.6 Å². The number of phenols is 1. The van der Waals surface area contributed by atoms with Gasteiger partial charge in [0.2, 0.25) is 5.91 Å². The standard InChI is InChI=1S/C15H13N5O2/c1-8(21)19-15-12(7-17)13(11(6-16)14(18)20-15)9-2-4-10(22)5-3-9/h2-5,13,20,22H,18H2,1H3,(H,19,21). The van der Waals surface area contributed by atoms with E-state index in [2.05, 4.69) is 10.6 Å². The lowest BCUT2D eigenvalue weighted by Crippen LogP contribution is -2.38. The number of carbonyl (C=O) groups excluding carboxylic acids is 1. The number of nitrogens with zero attached hydrogens (tertiary/aromatic N) is 2. The maximum Gasteiger partial charge on any atom is 0.222 e. The average Bonchev–Trinajstić information content (AvgIpc) is 2.47. The third kappa shape index (κ3) is 2.69. The first-order valence-corrected chi connectivity index (χ1v) is 6.35. The fraction of sp³-hybridized carbons (Fsp3) is 0.133. The molecule has 0 saturated carbocycles. The summed E-state index contributed by atoms with van der Waals surface area (Å²) in [5.74, 6) is -0.780. The number of rotatable bonds is 2. The van der Waals surface area contributed by atoms with E-state index in [1.54, 1.807) is 12.1 Å². The van der Waals surface area contributed by atoms with E-state index in [-0.39, 0.29) is 34.4 Å². The number of aromatic hydroxyl groups is 1. The van der Waals surface area contributed by atoms with Crippen LogP contribution in [-0.2, 0) is 4.79 Å². The molecule has 0 aliphatic carbocycles. The molecule has 1 aliphatic rings. The van der Waals surface area contributed by atoms with Crippen LogP contribution in [0.4, 0.5) is 0 Å². The molecule has 0 saturated heterocycles. The highest BCUT2D eigenvalue weighted by molar-refractivity contribution is 5.76. The molecule has 22 heavy (non-hydrogen) atoms. The van der Waals surface area contributed by atoms with Gasteiger partial charge in [-0.25, -0.2) is 0 Å². The molecule has 0 bridgehead atoms. The van der Waals surface area contributed by atoms with Crippen molar-refractivity contribution < 1.29 is 9.90 Å². The van der Waals surface area contributed by atoms with E-state index in [1.807, 2.05) is 12.1 Å². The molecule has 1 atom stereocenters. The largest absolute Gasteiger partial charge is 0.508 e. The molecule has 1 aromatic rings. The van der Waals surface area contributed by atoms with Gasteiger partial charge in [0.25, 0.3) is 0 Å². The number of hydrogen-bond donors (Lipinski definition) is 4. The third-order valence-corrected chi connectivity index (χ3v) is 3.16. The van der Waals surface area contributed by atoms with E-state index in [0.29, 0.717) is 5.56 Å². The maximum atomic E-state index is 11.3. The van der Waals surface area contributed by atoms with Crippen molar-refractivity contribution in [3.63, 3.8) is 0 Å². The Labute approximate surface area is 127 Å². The number of benzene rings is 1. The molecular weight excluding hydrogens is 282 g/mol. The number of amides is 1. The summed E-state index contributed by atoms with van der Waals surface area (Å²) in [6.45, 7) is 1.30. The summed E-state index contributed by atoms with van der Waals surface area (Å²) in [6.07, 6.45) is 0. The van der Waals surface area contributed by atoms with Crippen LogP contribution < -0.4 is 16.4 Å². The molecule has 7 nitrogen and oxygen atoms in total. The molecule has 0 radical (unpaired) electrons. The Morgan fingerprint density at radius 3 is 2.36 bits per heavy atom. The number of dihydropyridines is 1. The van der Waals surface area contributed by atoms with Crippen LogP contribution >= 0.6 is 0 Å². The fourth-order valence-corrected chi connectivity index (χ4v) is 2.23. The molecular formula is C15H13N5O2. The van der Waals surface area contributed by atoms with Crippen LogP contribution in [0.15, 0.2) is 47.1 Å². The van der Waals surface area contributed by atoms with Gasteiger partial charge in [-0.05, 0) is 17.7 Å². The van der Waals surface area contributed by atoms with E-state index in [9.17, 15) is 20.4 Å². The molecule has 110 valence electrons. The quantitative estimate of drug-likeness (QED) is 0.632. The average molecular weight is 295 g/mol. The van der Waals surface area contributed by atoms with Gasteiger partial charge in [0, 0.05) is 6.92 Å². The molecule has 1 unspecified atom stereocenters. The monoisotopic (exact) mass is 295 g/mol. The van der Waals surface area contributed by atoms with Crippen molar-refractivity contribution in [2.24, 2.45) is 5.73 Å². The number of carbonyl (C=O) groups is 1. The number of nitrogens with two attached hydrogens (primary N) is 1. The Bertz CT molecular complexity index is 763. The van der Waals surface area contributed by atoms with E-state index in [4.69, 9.17) is 5.73 Å². The van der Waals surface area contributed by atoms with Crippen LogP contribution in [0.3, 0.4) is 0 Å². The van der Waals surface area contributed by atoms with Gasteiger partial charge in [-0.2, -0.15) is 10.5 Å². The van der Waals surface area contributed by atoms with Gasteiger partial charge in [-0.15, -0.1) is 0 Å². The summed E-state index contributed by atoms with van der Waals surface area (Å²) in [6, 6.07) is 10.1. The highest BCUT2D eigenvalue weighted by Crippen LogP contribution is 2.36. The van der Waals surface area contributed by atoms with Crippen LogP contribution in [0.2, 0.25) is 0 Å². The van der Waals surface area contributed by atoms with E-state index < -0.39 is 5.92 Å². The molecule has 1 aromatic carbocycles. The SMILES string of the molecule is CC(=O)NC1=C(C#N)C(c2ccc(O)cc2)C(C#N)=C(N)N1. The van der Waals surface area contributed by atoms with Gasteiger partial charge in [-0.3, -0.25) is 4.79 Å². The lowest BCUT2D eigenvalue weighted by Gasteiger charge is -2.27. The predicted molar refractivity (Wildman–Crippen MR) is 77.3 cm³/mol. The Hall–Kier alpha value is -3.45. The first kappa shape index (κ1) is 14.9. The smallest absolute Gasteiger partial charge is 0.222 e. The van der Waals surface area contributed by atoms with Gasteiger partial charge in [0.1, 0.15) is 17.4 Å². The predicted octanol–water partition coefficient (Wildman–Crippen LogP) is 0.644. The van der Waals surface area contributed by atoms with Gasteiger partial charge in [0.15, 0.2) is 0 Å². The Balaban J connectivity index is 2.61. The zero-order chi connectivity index (χ0) is 16.3. The van der Waals surface area contributed by atoms with Crippen molar-refractivity contribution in [3.8, 4) is 17.9 Å². The number of allylic oxidation sites excluding steroid dienone is 2. The summed E-state index contributed by atoms with van der Waals surface area (Å²) in [4.78, 5) is 11.3. The van der Waals surface area contributed by atoms with E-state index >= 15 is 0 Å². The highest BCUT2D eigenvalue weighted by atomic mass is 16.3. The fourth-order valence-electron chi connectivity index (χ4n) is 2.23. The number of nitriles is 2. The molecule has 0 fully saturated rings. The minimum atomic E-state index is -0.710. The number of phenolic OH excluding ortho intramolecular Hbond substituents is 1. The molecule has 0 spiro atoms. The van der Waals surface area contributed by atoms with Gasteiger partial charge >= 0.3 is 0 Å². The molecule has 0 aromatic heterocycles. The van der Waals surface area contributed by atoms with Crippen molar-refractivity contribution in [3.05, 3.63) is 52.6 Å². The molecule has 1 aliphatic heterocycles. The van der Waals surface area contributed by atoms with Crippen molar-refractivity contribution in [2.45, 2.75) is 12.8 Å². The second-order valence-electron chi connectivity index (χ2n) is 4.67. The van der Waals surface area contributed by atoms with Crippen LogP contribution in [-0.4, -0.2) is 11.0 Å². The minimum Gasteiger partial charge on any atom is -0.508 e. The van der Waals surface area contributed by atoms with E-state index in [1.165, 1.54) is 19.1 Å². The molecule has 7 heteroatoms. The van der Waals surface area contributed by atoms with Crippen LogP contribution in [0, 0.1) is 22.7 Å². The summed E-state index contributed by atoms with van der Waals surface area (Å²) in [7, 11) is 0. The Morgan fingerprint density at radius 2 is 1.86 bits per heavy atom. The third-order valence-electron chi connectivity index (χ3n) is 3.16. The number of nitrogens with one attached hydrogen (secondary N) is 2. The minimum absolute atomic E-state index is 0.0673. The van der Waals surface area contributed by atoms with E-state index in [0.717, 1.165) is 0 Å². The normalized spacial score (nSPS) is 17.3. The first-order chi connectivity index (χ1) is 10.5. The highest BCUT2D eigenvalue weighted by Gasteiger charge is 2.31. The molecule has 1 heterocycles. The molecule has 2 rings (SSSR count). The van der Waals surface area contributed by atoms with Crippen molar-refractivity contribution in [2.75, 3.05) is 0 Å². The topological polar surface area (TPSA) is 135 Å². The first-order valence-electron chi connectivity index (χ1n) is 6.35. The summed E-state index contributed by atoms with van der Waals surface area (Å²) >= 11 is 0. The van der Waals surface area contributed by atoms with Crippen LogP contribution in [0.5, 0.6) is 5.75 Å². The summed E-state index contributed by atoms with van der Waals surface area (Å²) in [5.41, 5.74) is 6.79. The maximum absolute atomic E-state index is 11.3. The van der Waals surface area contributed by atoms with Gasteiger partial charge in [0.05, 0.1) is 29.2 Å². The van der Waals surface area contributed by atoms with Crippen molar-refractivity contribution >= 4 is 5.91 Å². The molecule has 5 N–H and O–H groups in total. The lowest BCUT2D eigenvalue weighted by atomic mass is 9.83. The van der Waals surface area contributed by atoms with Crippen LogP contribution in [0.1, 0.15) is 18.4 Å². The Morgan fingerprint density at radius 1 is 1.27 bits per heavy atom. The number of hydrogen-bond acceptors (Lipinski definition) is 6. The molecule has 1 amide bonds. The Kier molecular flexibility index (Phi) is 4.01. The second-order valence-corrected chi connectivity index (χ2v) is 4.67. The zero-order valence-electron chi connectivity index (χ0n) is 11.7. The van der Waals surface area contributed by atoms with Crippen molar-refractivity contribution in [1.29, 1.82) is 10.5 Å². The van der Waals surface area contributed by atoms with Gasteiger partial charge < -0.3 is 21.5 Å². The lowest BCUT2D eigenvalue weighted by molar-refractivity contribution is -0.118. The summed E-state index contributed by atoms with van der Waals surface area (Å²) in [5, 5.41) is 33.3. The van der Waals surface area contributed by atoms with Gasteiger partial charge in [-0.1, -0.05) is 12.1 Å².